The van der Waals surface area contributed by atoms with Gasteiger partial charge in [0.2, 0.25) is 0 Å². The first kappa shape index (κ1) is 19.6. The predicted octanol–water partition coefficient (Wildman–Crippen LogP) is 4.02. The van der Waals surface area contributed by atoms with Crippen LogP contribution in [0.1, 0.15) is 61.2 Å². The lowest BCUT2D eigenvalue weighted by molar-refractivity contribution is -0.0585. The molecule has 2 aliphatic heterocycles. The number of anilines is 1. The van der Waals surface area contributed by atoms with E-state index in [0.717, 1.165) is 39.6 Å². The van der Waals surface area contributed by atoms with Crippen molar-refractivity contribution in [3.05, 3.63) is 16.8 Å². The molecule has 0 radical (unpaired) electrons. The Hall–Kier alpha value is -1.73. The summed E-state index contributed by atoms with van der Waals surface area (Å²) in [7, 11) is 0. The fourth-order valence-electron chi connectivity index (χ4n) is 4.44. The van der Waals surface area contributed by atoms with Gasteiger partial charge in [-0.3, -0.25) is 4.79 Å². The summed E-state index contributed by atoms with van der Waals surface area (Å²) in [6, 6.07) is 0. The van der Waals surface area contributed by atoms with Crippen LogP contribution < -0.4 is 4.90 Å². The van der Waals surface area contributed by atoms with Gasteiger partial charge in [0.25, 0.3) is 5.91 Å². The van der Waals surface area contributed by atoms with Crippen molar-refractivity contribution >= 4 is 33.3 Å². The molecule has 0 aromatic carbocycles. The number of nitrogens with zero attached hydrogens (tertiary/aromatic N) is 4. The summed E-state index contributed by atoms with van der Waals surface area (Å²) in [4.78, 5) is 28.5. The third-order valence-electron chi connectivity index (χ3n) is 5.76. The molecule has 0 saturated carbocycles. The highest BCUT2D eigenvalue weighted by Crippen LogP contribution is 2.36. The van der Waals surface area contributed by atoms with Crippen LogP contribution in [-0.2, 0) is 4.74 Å². The Morgan fingerprint density at radius 3 is 2.39 bits per heavy atom. The van der Waals surface area contributed by atoms with Crippen molar-refractivity contribution in [2.45, 2.75) is 65.1 Å². The third kappa shape index (κ3) is 3.87. The number of hydrogen-bond acceptors (Lipinski definition) is 6. The minimum Gasteiger partial charge on any atom is -0.372 e. The van der Waals surface area contributed by atoms with Crippen molar-refractivity contribution in [3.8, 4) is 0 Å². The molecule has 7 heteroatoms. The molecule has 2 aliphatic rings. The normalized spacial score (nSPS) is 24.2. The van der Waals surface area contributed by atoms with Crippen molar-refractivity contribution in [2.24, 2.45) is 0 Å². The Morgan fingerprint density at radius 1 is 1.07 bits per heavy atom. The maximum atomic E-state index is 13.3. The molecule has 1 amide bonds. The number of morpholine rings is 1. The van der Waals surface area contributed by atoms with E-state index in [-0.39, 0.29) is 18.1 Å². The first-order chi connectivity index (χ1) is 13.5. The van der Waals surface area contributed by atoms with Crippen LogP contribution in [-0.4, -0.2) is 59.2 Å². The van der Waals surface area contributed by atoms with Crippen LogP contribution in [0.25, 0.3) is 10.2 Å². The van der Waals surface area contributed by atoms with Crippen molar-refractivity contribution < 1.29 is 9.53 Å². The molecule has 0 N–H and O–H groups in total. The van der Waals surface area contributed by atoms with Gasteiger partial charge in [-0.05, 0) is 39.2 Å². The molecular weight excluding hydrogens is 372 g/mol. The zero-order valence-electron chi connectivity index (χ0n) is 17.1. The van der Waals surface area contributed by atoms with Crippen LogP contribution >= 0.6 is 11.3 Å². The van der Waals surface area contributed by atoms with Gasteiger partial charge in [0.15, 0.2) is 0 Å². The van der Waals surface area contributed by atoms with Crippen LogP contribution in [0.5, 0.6) is 0 Å². The fraction of sp³-hybridized carbons (Fsp3) is 0.667. The Kier molecular flexibility index (Phi) is 5.83. The van der Waals surface area contributed by atoms with Gasteiger partial charge in [0.05, 0.1) is 22.5 Å². The molecule has 4 heterocycles. The summed E-state index contributed by atoms with van der Waals surface area (Å²) in [6.45, 7) is 9.45. The van der Waals surface area contributed by atoms with E-state index in [4.69, 9.17) is 4.74 Å². The van der Waals surface area contributed by atoms with Crippen LogP contribution in [0.15, 0.2) is 6.33 Å². The number of ether oxygens (including phenoxy) is 1. The van der Waals surface area contributed by atoms with E-state index in [2.05, 4.69) is 21.8 Å². The number of aromatic nitrogens is 2. The van der Waals surface area contributed by atoms with Gasteiger partial charge in [0, 0.05) is 26.2 Å². The van der Waals surface area contributed by atoms with Crippen molar-refractivity contribution in [2.75, 3.05) is 31.1 Å². The van der Waals surface area contributed by atoms with Crippen molar-refractivity contribution in [1.82, 2.24) is 14.9 Å². The van der Waals surface area contributed by atoms with E-state index in [9.17, 15) is 4.79 Å². The average molecular weight is 403 g/mol. The number of carbonyl (C=O) groups is 1. The maximum Gasteiger partial charge on any atom is 0.264 e. The largest absolute Gasteiger partial charge is 0.372 e. The number of hydrogen-bond donors (Lipinski definition) is 0. The summed E-state index contributed by atoms with van der Waals surface area (Å²) in [5.74, 6) is 1.10. The van der Waals surface area contributed by atoms with Crippen LogP contribution in [0, 0.1) is 6.92 Å². The van der Waals surface area contributed by atoms with Gasteiger partial charge in [-0.15, -0.1) is 11.3 Å². The fourth-order valence-corrected chi connectivity index (χ4v) is 5.55. The predicted molar refractivity (Wildman–Crippen MR) is 113 cm³/mol. The molecule has 2 aromatic heterocycles. The SMILES string of the molecule is Cc1c(C(=O)N2C[C@@H](C)O[C@@H](C)C2)sc2ncnc(N3CCCCCCC3)c12. The average Bonchev–Trinajstić information content (AvgIpc) is 2.97. The van der Waals surface area contributed by atoms with E-state index in [1.807, 2.05) is 18.7 Å². The monoisotopic (exact) mass is 402 g/mol. The van der Waals surface area contributed by atoms with Crippen molar-refractivity contribution in [3.63, 3.8) is 0 Å². The summed E-state index contributed by atoms with van der Waals surface area (Å²) in [6.07, 6.45) is 8.08. The standard InChI is InChI=1S/C21H30N4O2S/c1-14-11-25(12-15(2)27-14)21(26)18-16(3)17-19(22-13-23-20(17)28-18)24-9-7-5-4-6-8-10-24/h13-15H,4-12H2,1-3H3/t14-,15+. The molecule has 4 rings (SSSR count). The number of aryl methyl sites for hydroxylation is 1. The van der Waals surface area contributed by atoms with Crippen molar-refractivity contribution in [1.29, 1.82) is 0 Å². The summed E-state index contributed by atoms with van der Waals surface area (Å²) >= 11 is 1.51. The van der Waals surface area contributed by atoms with Crippen LogP contribution in [0.4, 0.5) is 5.82 Å². The van der Waals surface area contributed by atoms with Gasteiger partial charge < -0.3 is 14.5 Å². The first-order valence-corrected chi connectivity index (χ1v) is 11.3. The summed E-state index contributed by atoms with van der Waals surface area (Å²) < 4.78 is 5.79. The highest BCUT2D eigenvalue weighted by molar-refractivity contribution is 7.20. The van der Waals surface area contributed by atoms with E-state index >= 15 is 0 Å². The van der Waals surface area contributed by atoms with E-state index < -0.39 is 0 Å². The molecule has 2 fully saturated rings. The minimum atomic E-state index is 0.0683. The van der Waals surface area contributed by atoms with Gasteiger partial charge in [0.1, 0.15) is 17.0 Å². The minimum absolute atomic E-state index is 0.0683. The lowest BCUT2D eigenvalue weighted by atomic mass is 10.1. The molecular formula is C21H30N4O2S. The van der Waals surface area contributed by atoms with E-state index in [0.29, 0.717) is 13.1 Å². The molecule has 2 atom stereocenters. The van der Waals surface area contributed by atoms with Crippen LogP contribution in [0.3, 0.4) is 0 Å². The zero-order chi connectivity index (χ0) is 19.7. The summed E-state index contributed by atoms with van der Waals surface area (Å²) in [5.41, 5.74) is 1.02. The van der Waals surface area contributed by atoms with Gasteiger partial charge >= 0.3 is 0 Å². The number of carbonyl (C=O) groups excluding carboxylic acids is 1. The third-order valence-corrected chi connectivity index (χ3v) is 6.95. The maximum absolute atomic E-state index is 13.3. The number of fused-ring (bicyclic) bond motifs is 1. The van der Waals surface area contributed by atoms with Gasteiger partial charge in [-0.1, -0.05) is 19.3 Å². The molecule has 2 saturated heterocycles. The lowest BCUT2D eigenvalue weighted by Gasteiger charge is -2.35. The van der Waals surface area contributed by atoms with Crippen LogP contribution in [0.2, 0.25) is 0 Å². The second-order valence-electron chi connectivity index (χ2n) is 8.16. The van der Waals surface area contributed by atoms with E-state index in [1.54, 1.807) is 6.33 Å². The Balaban J connectivity index is 1.67. The smallest absolute Gasteiger partial charge is 0.264 e. The summed E-state index contributed by atoms with van der Waals surface area (Å²) in [5, 5.41) is 1.06. The molecule has 0 unspecified atom stereocenters. The lowest BCUT2D eigenvalue weighted by Crippen LogP contribution is -2.48. The molecule has 0 spiro atoms. The topological polar surface area (TPSA) is 58.6 Å². The highest BCUT2D eigenvalue weighted by atomic mass is 32.1. The molecule has 0 bridgehead atoms. The van der Waals surface area contributed by atoms with Gasteiger partial charge in [-0.25, -0.2) is 9.97 Å². The quantitative estimate of drug-likeness (QED) is 0.759. The van der Waals surface area contributed by atoms with Gasteiger partial charge in [-0.2, -0.15) is 0 Å². The first-order valence-electron chi connectivity index (χ1n) is 10.5. The zero-order valence-corrected chi connectivity index (χ0v) is 17.9. The Morgan fingerprint density at radius 2 is 1.71 bits per heavy atom. The Bertz CT molecular complexity index is 834. The molecule has 28 heavy (non-hydrogen) atoms. The highest BCUT2D eigenvalue weighted by Gasteiger charge is 2.30. The molecule has 6 nitrogen and oxygen atoms in total. The number of amides is 1. The molecule has 2 aromatic rings. The Labute approximate surface area is 170 Å². The molecule has 152 valence electrons. The second kappa shape index (κ2) is 8.33. The number of rotatable bonds is 2. The number of thiophene rings is 1. The van der Waals surface area contributed by atoms with E-state index in [1.165, 1.54) is 43.4 Å². The second-order valence-corrected chi connectivity index (χ2v) is 9.15. The molecule has 0 aliphatic carbocycles.